The van der Waals surface area contributed by atoms with Gasteiger partial charge >= 0.3 is 0 Å². The van der Waals surface area contributed by atoms with Gasteiger partial charge in [0.25, 0.3) is 5.91 Å². The number of benzene rings is 1. The second-order valence-corrected chi connectivity index (χ2v) is 6.95. The molecule has 1 amide bonds. The van der Waals surface area contributed by atoms with Gasteiger partial charge in [-0.3, -0.25) is 4.79 Å². The van der Waals surface area contributed by atoms with Crippen LogP contribution < -0.4 is 5.32 Å². The molecule has 100 valence electrons. The Morgan fingerprint density at radius 2 is 1.79 bits per heavy atom. The van der Waals surface area contributed by atoms with E-state index in [2.05, 4.69) is 26.1 Å². The lowest BCUT2D eigenvalue weighted by Crippen LogP contribution is -2.68. The summed E-state index contributed by atoms with van der Waals surface area (Å²) in [5.74, 6) is 0.218. The first-order chi connectivity index (χ1) is 9.20. The van der Waals surface area contributed by atoms with Crippen molar-refractivity contribution in [3.05, 3.63) is 34.3 Å². The van der Waals surface area contributed by atoms with Crippen LogP contribution in [-0.4, -0.2) is 35.0 Å². The standard InChI is InChI=1S/C15H17BrN2O/c16-10-3-1-2-9(4-10)15(19)18-13-5-11-6-14(18)8-12(7-13)17-11/h1-4,11-14,17H,5-8H2. The predicted octanol–water partition coefficient (Wildman–Crippen LogP) is 2.56. The minimum atomic E-state index is 0.218. The zero-order valence-corrected chi connectivity index (χ0v) is 12.3. The van der Waals surface area contributed by atoms with Crippen LogP contribution in [0.25, 0.3) is 0 Å². The number of nitrogens with one attached hydrogen (secondary N) is 1. The summed E-state index contributed by atoms with van der Waals surface area (Å²) in [4.78, 5) is 14.9. The van der Waals surface area contributed by atoms with E-state index in [-0.39, 0.29) is 5.91 Å². The molecule has 4 fully saturated rings. The van der Waals surface area contributed by atoms with Gasteiger partial charge in [-0.15, -0.1) is 0 Å². The van der Waals surface area contributed by atoms with Gasteiger partial charge in [-0.25, -0.2) is 0 Å². The van der Waals surface area contributed by atoms with Gasteiger partial charge in [-0.2, -0.15) is 0 Å². The van der Waals surface area contributed by atoms with Gasteiger partial charge in [0.2, 0.25) is 0 Å². The van der Waals surface area contributed by atoms with Crippen LogP contribution in [0.2, 0.25) is 0 Å². The highest BCUT2D eigenvalue weighted by atomic mass is 79.9. The number of rotatable bonds is 1. The van der Waals surface area contributed by atoms with Crippen molar-refractivity contribution in [1.82, 2.24) is 10.2 Å². The second-order valence-electron chi connectivity index (χ2n) is 6.03. The molecule has 0 aliphatic carbocycles. The van der Waals surface area contributed by atoms with Gasteiger partial charge in [0.1, 0.15) is 0 Å². The van der Waals surface area contributed by atoms with Crippen molar-refractivity contribution in [2.45, 2.75) is 49.9 Å². The molecule has 4 saturated heterocycles. The van der Waals surface area contributed by atoms with Crippen LogP contribution in [0, 0.1) is 0 Å². The van der Waals surface area contributed by atoms with Crippen molar-refractivity contribution in [2.75, 3.05) is 0 Å². The largest absolute Gasteiger partial charge is 0.332 e. The van der Waals surface area contributed by atoms with E-state index < -0.39 is 0 Å². The van der Waals surface area contributed by atoms with Gasteiger partial charge in [-0.1, -0.05) is 22.0 Å². The Bertz CT molecular complexity index is 503. The van der Waals surface area contributed by atoms with E-state index in [4.69, 9.17) is 0 Å². The van der Waals surface area contributed by atoms with E-state index in [0.717, 1.165) is 35.7 Å². The summed E-state index contributed by atoms with van der Waals surface area (Å²) >= 11 is 3.45. The number of amides is 1. The van der Waals surface area contributed by atoms with Crippen molar-refractivity contribution in [3.63, 3.8) is 0 Å². The summed E-state index contributed by atoms with van der Waals surface area (Å²) in [7, 11) is 0. The van der Waals surface area contributed by atoms with Crippen LogP contribution in [0.3, 0.4) is 0 Å². The minimum absolute atomic E-state index is 0.218. The third-order valence-corrected chi connectivity index (χ3v) is 5.28. The maximum Gasteiger partial charge on any atom is 0.254 e. The molecule has 0 spiro atoms. The van der Waals surface area contributed by atoms with Crippen LogP contribution in [0.5, 0.6) is 0 Å². The fourth-order valence-corrected chi connectivity index (χ4v) is 4.56. The zero-order valence-electron chi connectivity index (χ0n) is 10.7. The first-order valence-electron chi connectivity index (χ1n) is 7.05. The van der Waals surface area contributed by atoms with Gasteiger partial charge in [0, 0.05) is 34.2 Å². The molecule has 0 saturated carbocycles. The van der Waals surface area contributed by atoms with Crippen molar-refractivity contribution < 1.29 is 4.79 Å². The Kier molecular flexibility index (Phi) is 2.71. The number of carbonyl (C=O) groups is 1. The summed E-state index contributed by atoms with van der Waals surface area (Å²) in [6.45, 7) is 0. The van der Waals surface area contributed by atoms with E-state index in [1.165, 1.54) is 0 Å². The molecule has 4 aliphatic rings. The molecular formula is C15H17BrN2O. The molecule has 1 aromatic rings. The van der Waals surface area contributed by atoms with Gasteiger partial charge in [0.15, 0.2) is 0 Å². The average molecular weight is 321 g/mol. The van der Waals surface area contributed by atoms with Gasteiger partial charge in [0.05, 0.1) is 0 Å². The molecule has 0 radical (unpaired) electrons. The summed E-state index contributed by atoms with van der Waals surface area (Å²) in [6.07, 6.45) is 4.53. The molecule has 4 aliphatic heterocycles. The lowest BCUT2D eigenvalue weighted by molar-refractivity contribution is -0.0172. The third-order valence-electron chi connectivity index (χ3n) is 4.79. The monoisotopic (exact) mass is 320 g/mol. The van der Waals surface area contributed by atoms with Gasteiger partial charge < -0.3 is 10.2 Å². The third kappa shape index (κ3) is 1.93. The SMILES string of the molecule is O=C(c1cccc(Br)c1)N1C2CC3CC1CC(C2)N3. The van der Waals surface area contributed by atoms with E-state index in [9.17, 15) is 4.79 Å². The number of halogens is 1. The zero-order chi connectivity index (χ0) is 13.0. The lowest BCUT2D eigenvalue weighted by atomic mass is 9.74. The highest BCUT2D eigenvalue weighted by molar-refractivity contribution is 9.10. The maximum absolute atomic E-state index is 12.8. The molecular weight excluding hydrogens is 304 g/mol. The molecule has 4 bridgehead atoms. The van der Waals surface area contributed by atoms with Crippen molar-refractivity contribution in [3.8, 4) is 0 Å². The topological polar surface area (TPSA) is 32.3 Å². The van der Waals surface area contributed by atoms with Crippen molar-refractivity contribution >= 4 is 21.8 Å². The highest BCUT2D eigenvalue weighted by Crippen LogP contribution is 2.39. The first kappa shape index (κ1) is 11.9. The Hall–Kier alpha value is -0.870. The first-order valence-corrected chi connectivity index (χ1v) is 7.84. The van der Waals surface area contributed by atoms with Crippen molar-refractivity contribution in [1.29, 1.82) is 0 Å². The Balaban J connectivity index is 1.64. The molecule has 3 nitrogen and oxygen atoms in total. The predicted molar refractivity (Wildman–Crippen MR) is 77.1 cm³/mol. The van der Waals surface area contributed by atoms with Crippen LogP contribution >= 0.6 is 15.9 Å². The molecule has 4 heteroatoms. The fraction of sp³-hybridized carbons (Fsp3) is 0.533. The molecule has 1 aromatic carbocycles. The second kappa shape index (κ2) is 4.32. The molecule has 0 aromatic heterocycles. The molecule has 5 rings (SSSR count). The molecule has 19 heavy (non-hydrogen) atoms. The van der Waals surface area contributed by atoms with E-state index in [1.54, 1.807) is 0 Å². The Morgan fingerprint density at radius 1 is 1.16 bits per heavy atom. The number of carbonyl (C=O) groups excluding carboxylic acids is 1. The Labute approximate surface area is 121 Å². The van der Waals surface area contributed by atoms with Crippen LogP contribution in [0.1, 0.15) is 36.0 Å². The highest BCUT2D eigenvalue weighted by Gasteiger charge is 2.48. The normalized spacial score (nSPS) is 35.7. The molecule has 4 heterocycles. The van der Waals surface area contributed by atoms with Crippen molar-refractivity contribution in [2.24, 2.45) is 0 Å². The molecule has 0 unspecified atom stereocenters. The molecule has 1 N–H and O–H groups in total. The number of hydrogen-bond donors (Lipinski definition) is 1. The number of nitrogens with zero attached hydrogens (tertiary/aromatic N) is 1. The van der Waals surface area contributed by atoms with E-state index >= 15 is 0 Å². The summed E-state index contributed by atoms with van der Waals surface area (Å²) in [6, 6.07) is 9.97. The molecule has 0 atom stereocenters. The quantitative estimate of drug-likeness (QED) is 0.862. The van der Waals surface area contributed by atoms with Crippen LogP contribution in [0.15, 0.2) is 28.7 Å². The minimum Gasteiger partial charge on any atom is -0.332 e. The number of piperidine rings is 4. The number of hydrogen-bond acceptors (Lipinski definition) is 2. The van der Waals surface area contributed by atoms with Crippen LogP contribution in [0.4, 0.5) is 0 Å². The summed E-state index contributed by atoms with van der Waals surface area (Å²) in [5, 5.41) is 3.68. The lowest BCUT2D eigenvalue weighted by Gasteiger charge is -2.56. The van der Waals surface area contributed by atoms with E-state index in [1.807, 2.05) is 24.3 Å². The smallest absolute Gasteiger partial charge is 0.254 e. The van der Waals surface area contributed by atoms with E-state index in [0.29, 0.717) is 24.2 Å². The fourth-order valence-electron chi connectivity index (χ4n) is 4.16. The Morgan fingerprint density at radius 3 is 2.37 bits per heavy atom. The van der Waals surface area contributed by atoms with Gasteiger partial charge in [-0.05, 0) is 43.9 Å². The maximum atomic E-state index is 12.8. The van der Waals surface area contributed by atoms with Crippen LogP contribution in [-0.2, 0) is 0 Å². The average Bonchev–Trinajstić information content (AvgIpc) is 2.37. The summed E-state index contributed by atoms with van der Waals surface area (Å²) in [5.41, 5.74) is 0.815. The summed E-state index contributed by atoms with van der Waals surface area (Å²) < 4.78 is 0.977.